The average Bonchev–Trinajstić information content (AvgIpc) is 2.36. The Balaban J connectivity index is 2.75. The van der Waals surface area contributed by atoms with Crippen molar-refractivity contribution in [1.82, 2.24) is 5.32 Å². The van der Waals surface area contributed by atoms with Crippen LogP contribution in [0.15, 0.2) is 18.2 Å². The zero-order chi connectivity index (χ0) is 16.8. The van der Waals surface area contributed by atoms with E-state index in [2.05, 4.69) is 15.4 Å². The number of anilines is 1. The standard InChI is InChI=1S/C13H16F4N2O3/c1-8(4-5-20)18-12(21)19-10-6-9(14)2-3-11(10)22-7-13(15,16)17/h2-3,6,8,20H,4-5,7H2,1H3,(H2,18,19,21)/t8-/m1/s1. The van der Waals surface area contributed by atoms with Gasteiger partial charge in [-0.3, -0.25) is 0 Å². The van der Waals surface area contributed by atoms with E-state index in [0.717, 1.165) is 18.2 Å². The van der Waals surface area contributed by atoms with E-state index in [4.69, 9.17) is 5.11 Å². The molecule has 0 aliphatic heterocycles. The van der Waals surface area contributed by atoms with Gasteiger partial charge in [-0.2, -0.15) is 13.2 Å². The molecule has 3 N–H and O–H groups in total. The highest BCUT2D eigenvalue weighted by Crippen LogP contribution is 2.27. The summed E-state index contributed by atoms with van der Waals surface area (Å²) < 4.78 is 54.2. The van der Waals surface area contributed by atoms with Crippen LogP contribution < -0.4 is 15.4 Å². The number of carbonyl (C=O) groups excluding carboxylic acids is 1. The molecule has 0 aliphatic carbocycles. The fourth-order valence-electron chi connectivity index (χ4n) is 1.53. The highest BCUT2D eigenvalue weighted by molar-refractivity contribution is 5.91. The number of aliphatic hydroxyl groups is 1. The molecule has 9 heteroatoms. The summed E-state index contributed by atoms with van der Waals surface area (Å²) in [5.74, 6) is -1.04. The van der Waals surface area contributed by atoms with E-state index in [1.807, 2.05) is 0 Å². The van der Waals surface area contributed by atoms with Crippen LogP contribution >= 0.6 is 0 Å². The van der Waals surface area contributed by atoms with Crippen LogP contribution in [-0.2, 0) is 0 Å². The van der Waals surface area contributed by atoms with Crippen molar-refractivity contribution < 1.29 is 32.2 Å². The minimum Gasteiger partial charge on any atom is -0.482 e. The van der Waals surface area contributed by atoms with Crippen LogP contribution in [0, 0.1) is 5.82 Å². The monoisotopic (exact) mass is 324 g/mol. The van der Waals surface area contributed by atoms with Crippen LogP contribution in [0.4, 0.5) is 28.0 Å². The van der Waals surface area contributed by atoms with Crippen molar-refractivity contribution in [3.8, 4) is 5.75 Å². The number of rotatable bonds is 6. The molecule has 1 atom stereocenters. The molecular formula is C13H16F4N2O3. The van der Waals surface area contributed by atoms with Gasteiger partial charge in [0.25, 0.3) is 0 Å². The molecule has 0 radical (unpaired) electrons. The number of carbonyl (C=O) groups is 1. The summed E-state index contributed by atoms with van der Waals surface area (Å²) in [5, 5.41) is 13.4. The first kappa shape index (κ1) is 18.0. The van der Waals surface area contributed by atoms with Gasteiger partial charge in [0.05, 0.1) is 5.69 Å². The molecule has 0 saturated carbocycles. The van der Waals surface area contributed by atoms with Crippen molar-refractivity contribution in [2.75, 3.05) is 18.5 Å². The number of aliphatic hydroxyl groups excluding tert-OH is 1. The van der Waals surface area contributed by atoms with Gasteiger partial charge in [-0.05, 0) is 25.5 Å². The SMILES string of the molecule is C[C@H](CCO)NC(=O)Nc1cc(F)ccc1OCC(F)(F)F. The molecule has 0 saturated heterocycles. The first-order valence-electron chi connectivity index (χ1n) is 6.38. The second kappa shape index (κ2) is 7.83. The van der Waals surface area contributed by atoms with Gasteiger partial charge in [0, 0.05) is 18.7 Å². The van der Waals surface area contributed by atoms with Crippen molar-refractivity contribution in [3.63, 3.8) is 0 Å². The molecule has 22 heavy (non-hydrogen) atoms. The molecule has 0 fully saturated rings. The maximum Gasteiger partial charge on any atom is 0.422 e. The predicted octanol–water partition coefficient (Wildman–Crippen LogP) is 2.66. The normalized spacial score (nSPS) is 12.6. The van der Waals surface area contributed by atoms with Gasteiger partial charge >= 0.3 is 12.2 Å². The van der Waals surface area contributed by atoms with Crippen LogP contribution in [0.3, 0.4) is 0 Å². The number of halogens is 4. The van der Waals surface area contributed by atoms with E-state index in [0.29, 0.717) is 6.42 Å². The summed E-state index contributed by atoms with van der Waals surface area (Å²) in [6.07, 6.45) is -4.25. The number of hydrogen-bond donors (Lipinski definition) is 3. The summed E-state index contributed by atoms with van der Waals surface area (Å²) in [5.41, 5.74) is -0.224. The average molecular weight is 324 g/mol. The van der Waals surface area contributed by atoms with Crippen LogP contribution in [0.2, 0.25) is 0 Å². The largest absolute Gasteiger partial charge is 0.482 e. The second-order valence-electron chi connectivity index (χ2n) is 4.56. The van der Waals surface area contributed by atoms with Crippen molar-refractivity contribution in [3.05, 3.63) is 24.0 Å². The van der Waals surface area contributed by atoms with Gasteiger partial charge in [0.1, 0.15) is 11.6 Å². The number of alkyl halides is 3. The molecule has 0 aliphatic rings. The lowest BCUT2D eigenvalue weighted by Gasteiger charge is -2.16. The third-order valence-electron chi connectivity index (χ3n) is 2.52. The Bertz CT molecular complexity index is 509. The molecule has 1 aromatic carbocycles. The summed E-state index contributed by atoms with van der Waals surface area (Å²) in [6.45, 7) is -0.0698. The zero-order valence-electron chi connectivity index (χ0n) is 11.7. The molecule has 0 unspecified atom stereocenters. The lowest BCUT2D eigenvalue weighted by Crippen LogP contribution is -2.36. The lowest BCUT2D eigenvalue weighted by molar-refractivity contribution is -0.153. The first-order valence-corrected chi connectivity index (χ1v) is 6.38. The minimum atomic E-state index is -4.55. The zero-order valence-corrected chi connectivity index (χ0v) is 11.7. The van der Waals surface area contributed by atoms with Crippen LogP contribution in [0.25, 0.3) is 0 Å². The number of nitrogens with one attached hydrogen (secondary N) is 2. The molecule has 0 bridgehead atoms. The summed E-state index contributed by atoms with van der Waals surface area (Å²) >= 11 is 0. The second-order valence-corrected chi connectivity index (χ2v) is 4.56. The number of urea groups is 1. The lowest BCUT2D eigenvalue weighted by atomic mass is 10.2. The van der Waals surface area contributed by atoms with Crippen LogP contribution in [0.5, 0.6) is 5.75 Å². The Morgan fingerprint density at radius 3 is 2.68 bits per heavy atom. The Morgan fingerprint density at radius 1 is 1.41 bits per heavy atom. The summed E-state index contributed by atoms with van der Waals surface area (Å²) in [6, 6.07) is 1.65. The maximum absolute atomic E-state index is 13.2. The Morgan fingerprint density at radius 2 is 2.09 bits per heavy atom. The highest BCUT2D eigenvalue weighted by Gasteiger charge is 2.29. The van der Waals surface area contributed by atoms with E-state index in [1.54, 1.807) is 6.92 Å². The molecule has 5 nitrogen and oxygen atoms in total. The fourth-order valence-corrected chi connectivity index (χ4v) is 1.53. The van der Waals surface area contributed by atoms with Gasteiger partial charge in [0.2, 0.25) is 0 Å². The number of hydrogen-bond acceptors (Lipinski definition) is 3. The van der Waals surface area contributed by atoms with E-state index < -0.39 is 24.6 Å². The van der Waals surface area contributed by atoms with Gasteiger partial charge in [-0.1, -0.05) is 0 Å². The third-order valence-corrected chi connectivity index (χ3v) is 2.52. The van der Waals surface area contributed by atoms with Crippen molar-refractivity contribution >= 4 is 11.7 Å². The highest BCUT2D eigenvalue weighted by atomic mass is 19.4. The van der Waals surface area contributed by atoms with Gasteiger partial charge < -0.3 is 20.5 Å². The topological polar surface area (TPSA) is 70.6 Å². The number of ether oxygens (including phenoxy) is 1. The summed E-state index contributed by atoms with van der Waals surface area (Å²) in [4.78, 5) is 11.7. The Labute approximate surface area is 124 Å². The molecular weight excluding hydrogens is 308 g/mol. The minimum absolute atomic E-state index is 0.138. The van der Waals surface area contributed by atoms with Crippen molar-refractivity contribution in [2.24, 2.45) is 0 Å². The smallest absolute Gasteiger partial charge is 0.422 e. The number of benzene rings is 1. The Hall–Kier alpha value is -2.03. The van der Waals surface area contributed by atoms with Crippen molar-refractivity contribution in [2.45, 2.75) is 25.6 Å². The maximum atomic E-state index is 13.2. The fraction of sp³-hybridized carbons (Fsp3) is 0.462. The third kappa shape index (κ3) is 6.61. The van der Waals surface area contributed by atoms with Crippen LogP contribution in [-0.4, -0.2) is 36.6 Å². The molecule has 2 amide bonds. The van der Waals surface area contributed by atoms with Crippen LogP contribution in [0.1, 0.15) is 13.3 Å². The summed E-state index contributed by atoms with van der Waals surface area (Å²) in [7, 11) is 0. The molecule has 1 rings (SSSR count). The quantitative estimate of drug-likeness (QED) is 0.705. The van der Waals surface area contributed by atoms with Crippen molar-refractivity contribution in [1.29, 1.82) is 0 Å². The molecule has 124 valence electrons. The van der Waals surface area contributed by atoms with Gasteiger partial charge in [-0.15, -0.1) is 0 Å². The van der Waals surface area contributed by atoms with E-state index >= 15 is 0 Å². The predicted molar refractivity (Wildman–Crippen MR) is 71.3 cm³/mol. The molecule has 0 aromatic heterocycles. The Kier molecular flexibility index (Phi) is 6.41. The van der Waals surface area contributed by atoms with E-state index in [9.17, 15) is 22.4 Å². The van der Waals surface area contributed by atoms with Gasteiger partial charge in [0.15, 0.2) is 6.61 Å². The van der Waals surface area contributed by atoms with E-state index in [1.165, 1.54) is 0 Å². The number of amides is 2. The van der Waals surface area contributed by atoms with Gasteiger partial charge in [-0.25, -0.2) is 9.18 Å². The molecule has 0 heterocycles. The molecule has 1 aromatic rings. The first-order chi connectivity index (χ1) is 10.2. The molecule has 0 spiro atoms. The van der Waals surface area contributed by atoms with E-state index in [-0.39, 0.29) is 24.1 Å².